The molecule has 3 rings (SSSR count). The van der Waals surface area contributed by atoms with Gasteiger partial charge in [0.05, 0.1) is 5.41 Å². The lowest BCUT2D eigenvalue weighted by molar-refractivity contribution is -0.122. The number of rotatable bonds is 1. The second-order valence-electron chi connectivity index (χ2n) is 5.23. The van der Waals surface area contributed by atoms with Crippen molar-refractivity contribution in [3.63, 3.8) is 0 Å². The molecule has 1 aromatic rings. The van der Waals surface area contributed by atoms with Gasteiger partial charge in [-0.25, -0.2) is 4.79 Å². The Morgan fingerprint density at radius 2 is 2.05 bits per heavy atom. The summed E-state index contributed by atoms with van der Waals surface area (Å²) in [5, 5.41) is 11.8. The average molecular weight is 274 g/mol. The monoisotopic (exact) mass is 274 g/mol. The fourth-order valence-corrected chi connectivity index (χ4v) is 3.08. The van der Waals surface area contributed by atoms with Crippen molar-refractivity contribution in [2.45, 2.75) is 18.3 Å². The summed E-state index contributed by atoms with van der Waals surface area (Å²) in [4.78, 5) is 35.5. The molecule has 0 bridgehead atoms. The number of benzene rings is 1. The van der Waals surface area contributed by atoms with E-state index < -0.39 is 11.5 Å². The standard InChI is InChI=1S/C14H14N2O4/c17-8-9-1-2-11-10(7-9)14(12(18)15-11)3-5-16(6-4-14)13(19)20/h1-2,7-8H,3-6H2,(H,15,18)(H,19,20). The van der Waals surface area contributed by atoms with Gasteiger partial charge < -0.3 is 15.3 Å². The van der Waals surface area contributed by atoms with E-state index in [1.165, 1.54) is 4.90 Å². The minimum absolute atomic E-state index is 0.0967. The number of piperidine rings is 1. The molecule has 1 fully saturated rings. The first-order valence-corrected chi connectivity index (χ1v) is 6.46. The molecule has 104 valence electrons. The number of amides is 2. The van der Waals surface area contributed by atoms with Gasteiger partial charge >= 0.3 is 6.09 Å². The molecule has 1 aromatic carbocycles. The molecule has 0 saturated carbocycles. The Morgan fingerprint density at radius 3 is 2.65 bits per heavy atom. The van der Waals surface area contributed by atoms with E-state index in [0.717, 1.165) is 17.5 Å². The van der Waals surface area contributed by atoms with Gasteiger partial charge in [0.1, 0.15) is 6.29 Å². The molecular formula is C14H14N2O4. The first kappa shape index (κ1) is 12.7. The van der Waals surface area contributed by atoms with Gasteiger partial charge in [-0.3, -0.25) is 9.59 Å². The van der Waals surface area contributed by atoms with E-state index in [0.29, 0.717) is 31.5 Å². The quantitative estimate of drug-likeness (QED) is 0.759. The maximum Gasteiger partial charge on any atom is 0.407 e. The third-order valence-electron chi connectivity index (χ3n) is 4.27. The fraction of sp³-hybridized carbons (Fsp3) is 0.357. The van der Waals surface area contributed by atoms with Crippen LogP contribution >= 0.6 is 0 Å². The summed E-state index contributed by atoms with van der Waals surface area (Å²) >= 11 is 0. The van der Waals surface area contributed by atoms with E-state index in [4.69, 9.17) is 5.11 Å². The summed E-state index contributed by atoms with van der Waals surface area (Å²) in [6.45, 7) is 0.654. The summed E-state index contributed by atoms with van der Waals surface area (Å²) in [7, 11) is 0. The minimum atomic E-state index is -0.958. The summed E-state index contributed by atoms with van der Waals surface area (Å²) in [5.74, 6) is -0.0967. The lowest BCUT2D eigenvalue weighted by Crippen LogP contribution is -2.47. The molecule has 1 saturated heterocycles. The number of nitrogens with zero attached hydrogens (tertiary/aromatic N) is 1. The topological polar surface area (TPSA) is 86.7 Å². The van der Waals surface area contributed by atoms with Crippen LogP contribution in [-0.2, 0) is 10.2 Å². The summed E-state index contributed by atoms with van der Waals surface area (Å²) in [6, 6.07) is 5.13. The van der Waals surface area contributed by atoms with Gasteiger partial charge in [0, 0.05) is 24.3 Å². The number of carboxylic acid groups (broad SMARTS) is 1. The van der Waals surface area contributed by atoms with E-state index in [1.54, 1.807) is 18.2 Å². The van der Waals surface area contributed by atoms with Crippen LogP contribution in [-0.4, -0.2) is 41.4 Å². The zero-order valence-electron chi connectivity index (χ0n) is 10.8. The molecule has 6 heteroatoms. The molecule has 0 aliphatic carbocycles. The smallest absolute Gasteiger partial charge is 0.407 e. The highest BCUT2D eigenvalue weighted by Crippen LogP contribution is 2.45. The maximum atomic E-state index is 12.3. The minimum Gasteiger partial charge on any atom is -0.465 e. The maximum absolute atomic E-state index is 12.3. The van der Waals surface area contributed by atoms with Crippen molar-refractivity contribution in [3.05, 3.63) is 29.3 Å². The number of hydrogen-bond acceptors (Lipinski definition) is 3. The number of aldehydes is 1. The SMILES string of the molecule is O=Cc1ccc2c(c1)C1(CCN(C(=O)O)CC1)C(=O)N2. The molecular weight excluding hydrogens is 260 g/mol. The van der Waals surface area contributed by atoms with Crippen LogP contribution in [0.3, 0.4) is 0 Å². The van der Waals surface area contributed by atoms with Gasteiger partial charge in [-0.05, 0) is 36.6 Å². The van der Waals surface area contributed by atoms with Crippen molar-refractivity contribution >= 4 is 24.0 Å². The zero-order chi connectivity index (χ0) is 14.3. The van der Waals surface area contributed by atoms with Crippen LogP contribution in [0.25, 0.3) is 0 Å². The van der Waals surface area contributed by atoms with Crippen molar-refractivity contribution in [3.8, 4) is 0 Å². The fourth-order valence-electron chi connectivity index (χ4n) is 3.08. The largest absolute Gasteiger partial charge is 0.465 e. The molecule has 20 heavy (non-hydrogen) atoms. The molecule has 0 unspecified atom stereocenters. The third kappa shape index (κ3) is 1.68. The number of hydrogen-bond donors (Lipinski definition) is 2. The van der Waals surface area contributed by atoms with E-state index >= 15 is 0 Å². The lowest BCUT2D eigenvalue weighted by Gasteiger charge is -2.36. The Kier molecular flexibility index (Phi) is 2.74. The molecule has 2 heterocycles. The highest BCUT2D eigenvalue weighted by atomic mass is 16.4. The number of carbonyl (C=O) groups is 3. The van der Waals surface area contributed by atoms with Gasteiger partial charge in [0.15, 0.2) is 0 Å². The molecule has 0 atom stereocenters. The van der Waals surface area contributed by atoms with Crippen LogP contribution in [0.4, 0.5) is 10.5 Å². The zero-order valence-corrected chi connectivity index (χ0v) is 10.8. The van der Waals surface area contributed by atoms with Gasteiger partial charge in [0.2, 0.25) is 5.91 Å². The van der Waals surface area contributed by atoms with Crippen LogP contribution in [0.1, 0.15) is 28.8 Å². The molecule has 0 radical (unpaired) electrons. The number of fused-ring (bicyclic) bond motifs is 2. The van der Waals surface area contributed by atoms with Crippen LogP contribution in [0.5, 0.6) is 0 Å². The van der Waals surface area contributed by atoms with Crippen LogP contribution in [0.15, 0.2) is 18.2 Å². The second-order valence-corrected chi connectivity index (χ2v) is 5.23. The summed E-state index contributed by atoms with van der Waals surface area (Å²) in [6.07, 6.45) is 0.685. The van der Waals surface area contributed by atoms with Crippen LogP contribution in [0, 0.1) is 0 Å². The van der Waals surface area contributed by atoms with Crippen molar-refractivity contribution in [2.24, 2.45) is 0 Å². The molecule has 2 aliphatic heterocycles. The van der Waals surface area contributed by atoms with Gasteiger partial charge in [0.25, 0.3) is 0 Å². The van der Waals surface area contributed by atoms with E-state index in [-0.39, 0.29) is 5.91 Å². The molecule has 2 N–H and O–H groups in total. The predicted octanol–water partition coefficient (Wildman–Crippen LogP) is 1.46. The third-order valence-corrected chi connectivity index (χ3v) is 4.27. The van der Waals surface area contributed by atoms with Crippen molar-refractivity contribution in [1.82, 2.24) is 4.90 Å². The van der Waals surface area contributed by atoms with Crippen molar-refractivity contribution < 1.29 is 19.5 Å². The van der Waals surface area contributed by atoms with E-state index in [2.05, 4.69) is 5.32 Å². The van der Waals surface area contributed by atoms with Gasteiger partial charge in [-0.15, -0.1) is 0 Å². The highest BCUT2D eigenvalue weighted by Gasteiger charge is 2.49. The highest BCUT2D eigenvalue weighted by molar-refractivity contribution is 6.07. The summed E-state index contributed by atoms with van der Waals surface area (Å²) in [5.41, 5.74) is 1.38. The first-order valence-electron chi connectivity index (χ1n) is 6.46. The molecule has 0 aromatic heterocycles. The number of carbonyl (C=O) groups excluding carboxylic acids is 2. The lowest BCUT2D eigenvalue weighted by atomic mass is 9.73. The van der Waals surface area contributed by atoms with Crippen LogP contribution in [0.2, 0.25) is 0 Å². The van der Waals surface area contributed by atoms with Gasteiger partial charge in [-0.2, -0.15) is 0 Å². The van der Waals surface area contributed by atoms with Crippen molar-refractivity contribution in [1.29, 1.82) is 0 Å². The normalized spacial score (nSPS) is 19.6. The number of likely N-dealkylation sites (tertiary alicyclic amines) is 1. The Labute approximate surface area is 115 Å². The summed E-state index contributed by atoms with van der Waals surface area (Å²) < 4.78 is 0. The molecule has 2 amide bonds. The number of nitrogens with one attached hydrogen (secondary N) is 1. The Hall–Kier alpha value is -2.37. The molecule has 2 aliphatic rings. The Balaban J connectivity index is 1.97. The molecule has 1 spiro atoms. The van der Waals surface area contributed by atoms with Crippen LogP contribution < -0.4 is 5.32 Å². The average Bonchev–Trinajstić information content (AvgIpc) is 2.72. The Bertz CT molecular complexity index is 603. The van der Waals surface area contributed by atoms with Gasteiger partial charge in [-0.1, -0.05) is 0 Å². The van der Waals surface area contributed by atoms with Crippen molar-refractivity contribution in [2.75, 3.05) is 18.4 Å². The van der Waals surface area contributed by atoms with E-state index in [9.17, 15) is 14.4 Å². The molecule has 6 nitrogen and oxygen atoms in total. The Morgan fingerprint density at radius 1 is 1.35 bits per heavy atom. The second kappa shape index (κ2) is 4.33. The predicted molar refractivity (Wildman–Crippen MR) is 71.0 cm³/mol. The number of anilines is 1. The van der Waals surface area contributed by atoms with E-state index in [1.807, 2.05) is 0 Å². The first-order chi connectivity index (χ1) is 9.56.